The predicted molar refractivity (Wildman–Crippen MR) is 78.1 cm³/mol. The molecule has 0 aliphatic carbocycles. The summed E-state index contributed by atoms with van der Waals surface area (Å²) < 4.78 is 5.26. The van der Waals surface area contributed by atoms with Crippen molar-refractivity contribution >= 4 is 5.84 Å². The van der Waals surface area contributed by atoms with Gasteiger partial charge in [0.2, 0.25) is 0 Å². The van der Waals surface area contributed by atoms with E-state index in [9.17, 15) is 5.11 Å². The Balaban J connectivity index is 2.78. The Morgan fingerprint density at radius 1 is 1.50 bits per heavy atom. The fourth-order valence-corrected chi connectivity index (χ4v) is 1.90. The number of nitrogens with two attached hydrogens (primary N) is 1. The number of aliphatic hydroxyl groups is 1. The zero-order valence-electron chi connectivity index (χ0n) is 12.2. The summed E-state index contributed by atoms with van der Waals surface area (Å²) in [7, 11) is 3.54. The first-order valence-corrected chi connectivity index (χ1v) is 6.49. The van der Waals surface area contributed by atoms with Crippen LogP contribution in [0.25, 0.3) is 0 Å². The van der Waals surface area contributed by atoms with Crippen LogP contribution >= 0.6 is 0 Å². The second-order valence-electron chi connectivity index (χ2n) is 4.90. The first kappa shape index (κ1) is 16.3. The highest BCUT2D eigenvalue weighted by Gasteiger charge is 2.10. The molecule has 0 bridgehead atoms. The van der Waals surface area contributed by atoms with Crippen LogP contribution < -0.4 is 10.5 Å². The number of oxime groups is 1. The molecule has 6 heteroatoms. The Morgan fingerprint density at radius 2 is 2.20 bits per heavy atom. The highest BCUT2D eigenvalue weighted by atomic mass is 16.5. The Morgan fingerprint density at radius 3 is 2.75 bits per heavy atom. The van der Waals surface area contributed by atoms with Crippen LogP contribution in [0.3, 0.4) is 0 Å². The van der Waals surface area contributed by atoms with E-state index in [4.69, 9.17) is 15.7 Å². The van der Waals surface area contributed by atoms with Crippen molar-refractivity contribution in [1.82, 2.24) is 4.90 Å². The van der Waals surface area contributed by atoms with Gasteiger partial charge in [-0.05, 0) is 38.1 Å². The highest BCUT2D eigenvalue weighted by molar-refractivity contribution is 5.99. The molecule has 1 rings (SSSR count). The van der Waals surface area contributed by atoms with E-state index in [0.29, 0.717) is 11.3 Å². The van der Waals surface area contributed by atoms with Gasteiger partial charge in [0.05, 0.1) is 18.8 Å². The van der Waals surface area contributed by atoms with Crippen molar-refractivity contribution in [1.29, 1.82) is 0 Å². The van der Waals surface area contributed by atoms with Crippen molar-refractivity contribution < 1.29 is 15.1 Å². The second-order valence-corrected chi connectivity index (χ2v) is 4.90. The van der Waals surface area contributed by atoms with Gasteiger partial charge >= 0.3 is 0 Å². The standard InChI is InChI=1S/C14H23N3O3/c1-10(18)6-7-17(2)9-11-4-5-12(14(15)16-19)13(8-11)20-3/h4-5,8,10,18-19H,6-7,9H2,1-3H3,(H2,15,16). The van der Waals surface area contributed by atoms with Crippen LogP contribution in [0, 0.1) is 0 Å². The topological polar surface area (TPSA) is 91.3 Å². The van der Waals surface area contributed by atoms with Crippen molar-refractivity contribution in [2.45, 2.75) is 26.0 Å². The van der Waals surface area contributed by atoms with Crippen molar-refractivity contribution in [3.63, 3.8) is 0 Å². The number of hydrogen-bond acceptors (Lipinski definition) is 5. The van der Waals surface area contributed by atoms with E-state index < -0.39 is 0 Å². The molecule has 1 atom stereocenters. The Bertz CT molecular complexity index is 461. The molecule has 20 heavy (non-hydrogen) atoms. The fraction of sp³-hybridized carbons (Fsp3) is 0.500. The molecule has 0 aromatic heterocycles. The highest BCUT2D eigenvalue weighted by Crippen LogP contribution is 2.21. The number of amidine groups is 1. The van der Waals surface area contributed by atoms with Crippen LogP contribution in [0.4, 0.5) is 0 Å². The monoisotopic (exact) mass is 281 g/mol. The maximum absolute atomic E-state index is 9.28. The molecule has 1 unspecified atom stereocenters. The number of aliphatic hydroxyl groups excluding tert-OH is 1. The summed E-state index contributed by atoms with van der Waals surface area (Å²) in [6.07, 6.45) is 0.436. The SMILES string of the molecule is COc1cc(CN(C)CCC(C)O)ccc1/C(N)=N/O. The van der Waals surface area contributed by atoms with Gasteiger partial charge in [-0.3, -0.25) is 0 Å². The first-order valence-electron chi connectivity index (χ1n) is 6.49. The van der Waals surface area contributed by atoms with Crippen molar-refractivity contribution in [3.8, 4) is 5.75 Å². The quantitative estimate of drug-likeness (QED) is 0.300. The molecule has 6 nitrogen and oxygen atoms in total. The summed E-state index contributed by atoms with van der Waals surface area (Å²) in [5.74, 6) is 0.595. The lowest BCUT2D eigenvalue weighted by molar-refractivity contribution is 0.163. The minimum Gasteiger partial charge on any atom is -0.496 e. The second kappa shape index (κ2) is 7.72. The summed E-state index contributed by atoms with van der Waals surface area (Å²) in [6, 6.07) is 5.55. The van der Waals surface area contributed by atoms with E-state index >= 15 is 0 Å². The molecule has 0 heterocycles. The van der Waals surface area contributed by atoms with E-state index in [0.717, 1.165) is 25.1 Å². The van der Waals surface area contributed by atoms with Gasteiger partial charge < -0.3 is 25.7 Å². The summed E-state index contributed by atoms with van der Waals surface area (Å²) in [5, 5.41) is 21.0. The Kier molecular flexibility index (Phi) is 6.27. The minimum absolute atomic E-state index is 0.0239. The first-order chi connectivity index (χ1) is 9.47. The van der Waals surface area contributed by atoms with E-state index in [1.807, 2.05) is 19.2 Å². The minimum atomic E-state index is -0.296. The van der Waals surface area contributed by atoms with Crippen molar-refractivity contribution in [2.75, 3.05) is 20.7 Å². The number of hydrogen-bond donors (Lipinski definition) is 3. The third-order valence-electron chi connectivity index (χ3n) is 3.03. The van der Waals surface area contributed by atoms with Gasteiger partial charge in [0.25, 0.3) is 0 Å². The van der Waals surface area contributed by atoms with Crippen LogP contribution in [-0.4, -0.2) is 47.9 Å². The molecule has 0 aliphatic rings. The van der Waals surface area contributed by atoms with Gasteiger partial charge in [0.1, 0.15) is 5.75 Å². The molecule has 0 aliphatic heterocycles. The lowest BCUT2D eigenvalue weighted by atomic mass is 10.1. The van der Waals surface area contributed by atoms with E-state index in [2.05, 4.69) is 10.1 Å². The average molecular weight is 281 g/mol. The zero-order chi connectivity index (χ0) is 15.1. The van der Waals surface area contributed by atoms with E-state index in [-0.39, 0.29) is 11.9 Å². The van der Waals surface area contributed by atoms with Crippen LogP contribution in [0.5, 0.6) is 5.75 Å². The van der Waals surface area contributed by atoms with Crippen LogP contribution in [0.15, 0.2) is 23.4 Å². The third-order valence-corrected chi connectivity index (χ3v) is 3.03. The lowest BCUT2D eigenvalue weighted by Crippen LogP contribution is -2.22. The van der Waals surface area contributed by atoms with Crippen LogP contribution in [0.2, 0.25) is 0 Å². The van der Waals surface area contributed by atoms with Crippen LogP contribution in [0.1, 0.15) is 24.5 Å². The molecule has 0 amide bonds. The van der Waals surface area contributed by atoms with Gasteiger partial charge in [0.15, 0.2) is 5.84 Å². The molecule has 0 fully saturated rings. The Labute approximate surface area is 119 Å². The lowest BCUT2D eigenvalue weighted by Gasteiger charge is -2.18. The zero-order valence-corrected chi connectivity index (χ0v) is 12.2. The Hall–Kier alpha value is -1.79. The molecule has 0 saturated heterocycles. The molecular formula is C14H23N3O3. The number of benzene rings is 1. The maximum atomic E-state index is 9.28. The number of nitrogens with zero attached hydrogens (tertiary/aromatic N) is 2. The van der Waals surface area contributed by atoms with Crippen LogP contribution in [-0.2, 0) is 6.54 Å². The summed E-state index contributed by atoms with van der Waals surface area (Å²) in [4.78, 5) is 2.12. The van der Waals surface area contributed by atoms with Gasteiger partial charge in [-0.25, -0.2) is 0 Å². The molecule has 112 valence electrons. The van der Waals surface area contributed by atoms with Gasteiger partial charge in [-0.15, -0.1) is 0 Å². The molecular weight excluding hydrogens is 258 g/mol. The molecule has 0 saturated carbocycles. The number of methoxy groups -OCH3 is 1. The largest absolute Gasteiger partial charge is 0.496 e. The van der Waals surface area contributed by atoms with Gasteiger partial charge in [0, 0.05) is 13.1 Å². The summed E-state index contributed by atoms with van der Waals surface area (Å²) >= 11 is 0. The third kappa shape index (κ3) is 4.71. The normalized spacial score (nSPS) is 13.6. The number of rotatable bonds is 7. The average Bonchev–Trinajstić information content (AvgIpc) is 2.44. The molecule has 4 N–H and O–H groups in total. The molecule has 0 spiro atoms. The molecule has 0 radical (unpaired) electrons. The van der Waals surface area contributed by atoms with E-state index in [1.165, 1.54) is 0 Å². The summed E-state index contributed by atoms with van der Waals surface area (Å²) in [6.45, 7) is 3.32. The van der Waals surface area contributed by atoms with E-state index in [1.54, 1.807) is 20.1 Å². The van der Waals surface area contributed by atoms with Crippen molar-refractivity contribution in [2.24, 2.45) is 10.9 Å². The summed E-state index contributed by atoms with van der Waals surface area (Å²) in [5.41, 5.74) is 7.20. The van der Waals surface area contributed by atoms with Gasteiger partial charge in [-0.2, -0.15) is 0 Å². The fourth-order valence-electron chi connectivity index (χ4n) is 1.90. The smallest absolute Gasteiger partial charge is 0.173 e. The van der Waals surface area contributed by atoms with Gasteiger partial charge in [-0.1, -0.05) is 11.2 Å². The maximum Gasteiger partial charge on any atom is 0.173 e. The predicted octanol–water partition coefficient (Wildman–Crippen LogP) is 0.992. The number of ether oxygens (including phenoxy) is 1. The molecule has 1 aromatic carbocycles. The molecule has 1 aromatic rings. The van der Waals surface area contributed by atoms with Crippen molar-refractivity contribution in [3.05, 3.63) is 29.3 Å².